The molecule has 0 unspecified atom stereocenters. The molecule has 2 heterocycles. The van der Waals surface area contributed by atoms with Crippen LogP contribution in [0.3, 0.4) is 0 Å². The standard InChI is InChI=1S/C72H46F4N4/c73-51-25-37-57(38-26-51)79-69-15-7-3-11-63(69)65-45-59(41-43-71(65)79)77(55-33-21-49(22-34-55)61-9-1-5-13-67(61)75)53-29-17-47(18-30-53)48-19-31-54(32-20-48)78(56-35-23-50(24-36-56)62-10-2-6-14-68(62)76)60-42-44-72-66(46-60)64-12-4-8-16-70(64)80(72)58-39-27-52(74)28-40-58/h1-46H. The van der Waals surface area contributed by atoms with Gasteiger partial charge >= 0.3 is 0 Å². The van der Waals surface area contributed by atoms with Gasteiger partial charge in [0.05, 0.1) is 22.1 Å². The summed E-state index contributed by atoms with van der Waals surface area (Å²) in [6, 6.07) is 89.2. The number of hydrogen-bond acceptors (Lipinski definition) is 2. The molecule has 0 saturated heterocycles. The molecule has 0 aliphatic carbocycles. The predicted molar refractivity (Wildman–Crippen MR) is 321 cm³/mol. The molecule has 0 N–H and O–H groups in total. The fourth-order valence-corrected chi connectivity index (χ4v) is 11.4. The van der Waals surface area contributed by atoms with E-state index in [4.69, 9.17) is 0 Å². The second-order valence-electron chi connectivity index (χ2n) is 19.9. The average molecular weight is 1040 g/mol. The molecule has 0 aliphatic rings. The maximum absolute atomic E-state index is 15.1. The molecule has 0 radical (unpaired) electrons. The number of hydrogen-bond donors (Lipinski definition) is 0. The van der Waals surface area contributed by atoms with Crippen molar-refractivity contribution in [2.75, 3.05) is 9.80 Å². The van der Waals surface area contributed by atoms with E-state index in [-0.39, 0.29) is 23.3 Å². The maximum atomic E-state index is 15.1. The van der Waals surface area contributed by atoms with Gasteiger partial charge in [0.25, 0.3) is 0 Å². The van der Waals surface area contributed by atoms with Crippen LogP contribution in [0.1, 0.15) is 0 Å². The first kappa shape index (κ1) is 48.0. The zero-order chi connectivity index (χ0) is 53.8. The topological polar surface area (TPSA) is 16.3 Å². The van der Waals surface area contributed by atoms with Crippen LogP contribution in [0.2, 0.25) is 0 Å². The van der Waals surface area contributed by atoms with E-state index in [1.807, 2.05) is 84.9 Å². The molecule has 14 aromatic rings. The van der Waals surface area contributed by atoms with Gasteiger partial charge in [-0.15, -0.1) is 0 Å². The number of fused-ring (bicyclic) bond motifs is 6. The van der Waals surface area contributed by atoms with E-state index in [0.717, 1.165) is 111 Å². The molecule has 2 aromatic heterocycles. The predicted octanol–water partition coefficient (Wildman–Crippen LogP) is 20.4. The van der Waals surface area contributed by atoms with Crippen molar-refractivity contribution in [3.8, 4) is 44.8 Å². The second-order valence-corrected chi connectivity index (χ2v) is 19.9. The lowest BCUT2D eigenvalue weighted by Gasteiger charge is -2.27. The molecule has 0 fully saturated rings. The first-order chi connectivity index (χ1) is 39.3. The van der Waals surface area contributed by atoms with Gasteiger partial charge in [0, 0.05) is 78.2 Å². The minimum Gasteiger partial charge on any atom is -0.310 e. The lowest BCUT2D eigenvalue weighted by Crippen LogP contribution is -2.10. The summed E-state index contributed by atoms with van der Waals surface area (Å²) in [6.07, 6.45) is 0. The fourth-order valence-electron chi connectivity index (χ4n) is 11.4. The van der Waals surface area contributed by atoms with Gasteiger partial charge in [0.1, 0.15) is 23.3 Å². The Morgan fingerprint density at radius 2 is 0.537 bits per heavy atom. The molecule has 0 spiro atoms. The molecule has 4 nitrogen and oxygen atoms in total. The van der Waals surface area contributed by atoms with E-state index in [2.05, 4.69) is 128 Å². The van der Waals surface area contributed by atoms with Crippen molar-refractivity contribution < 1.29 is 17.6 Å². The molecular weight excluding hydrogens is 997 g/mol. The molecule has 8 heteroatoms. The smallest absolute Gasteiger partial charge is 0.131 e. The molecule has 0 bridgehead atoms. The summed E-state index contributed by atoms with van der Waals surface area (Å²) in [6.45, 7) is 0. The highest BCUT2D eigenvalue weighted by atomic mass is 19.1. The lowest BCUT2D eigenvalue weighted by molar-refractivity contribution is 0.627. The highest BCUT2D eigenvalue weighted by Gasteiger charge is 2.21. The Balaban J connectivity index is 0.846. The molecule has 382 valence electrons. The summed E-state index contributed by atoms with van der Waals surface area (Å²) >= 11 is 0. The highest BCUT2D eigenvalue weighted by molar-refractivity contribution is 6.12. The highest BCUT2D eigenvalue weighted by Crippen LogP contribution is 2.44. The Labute approximate surface area is 459 Å². The molecule has 0 amide bonds. The lowest BCUT2D eigenvalue weighted by atomic mass is 10.0. The summed E-state index contributed by atoms with van der Waals surface area (Å²) in [5.74, 6) is -1.14. The van der Waals surface area contributed by atoms with Gasteiger partial charge in [-0.1, -0.05) is 121 Å². The SMILES string of the molecule is Fc1ccc(-n2c3ccccc3c3cc(N(c4ccc(-c5ccc(N(c6ccc(-c7ccccc7F)cc6)c6ccc7c(c6)c6ccccc6n7-c6ccc(F)cc6)cc5)cc4)c4ccc(-c5ccccc5F)cc4)ccc32)cc1. The van der Waals surface area contributed by atoms with Crippen LogP contribution in [0.25, 0.3) is 88.4 Å². The van der Waals surface area contributed by atoms with Crippen molar-refractivity contribution in [2.24, 2.45) is 0 Å². The quantitative estimate of drug-likeness (QED) is 0.120. The number of benzene rings is 12. The second kappa shape index (κ2) is 19.8. The van der Waals surface area contributed by atoms with E-state index in [0.29, 0.717) is 11.1 Å². The summed E-state index contributed by atoms with van der Waals surface area (Å²) in [7, 11) is 0. The van der Waals surface area contributed by atoms with E-state index in [1.54, 1.807) is 48.5 Å². The van der Waals surface area contributed by atoms with Crippen molar-refractivity contribution in [3.05, 3.63) is 302 Å². The van der Waals surface area contributed by atoms with Crippen LogP contribution >= 0.6 is 0 Å². The van der Waals surface area contributed by atoms with Gasteiger partial charge in [0.15, 0.2) is 0 Å². The van der Waals surface area contributed by atoms with Gasteiger partial charge in [-0.05, 0) is 180 Å². The Hall–Kier alpha value is -10.4. The van der Waals surface area contributed by atoms with Crippen LogP contribution < -0.4 is 9.80 Å². The number of halogens is 4. The van der Waals surface area contributed by atoms with Crippen molar-refractivity contribution in [1.29, 1.82) is 0 Å². The third kappa shape index (κ3) is 8.51. The molecule has 0 aliphatic heterocycles. The monoisotopic (exact) mass is 1040 g/mol. The summed E-state index contributed by atoms with van der Waals surface area (Å²) in [5, 5.41) is 4.21. The Morgan fingerprint density at radius 3 is 0.900 bits per heavy atom. The van der Waals surface area contributed by atoms with Crippen molar-refractivity contribution >= 4 is 77.7 Å². The first-order valence-corrected chi connectivity index (χ1v) is 26.4. The largest absolute Gasteiger partial charge is 0.310 e. The molecule has 12 aromatic carbocycles. The summed E-state index contributed by atoms with van der Waals surface area (Å²) in [4.78, 5) is 4.43. The molecule has 0 atom stereocenters. The van der Waals surface area contributed by atoms with E-state index < -0.39 is 0 Å². The van der Waals surface area contributed by atoms with Gasteiger partial charge in [-0.25, -0.2) is 17.6 Å². The number of nitrogens with zero attached hydrogens (tertiary/aromatic N) is 4. The van der Waals surface area contributed by atoms with Crippen LogP contribution in [0.5, 0.6) is 0 Å². The minimum atomic E-state index is -0.291. The Morgan fingerprint density at radius 1 is 0.237 bits per heavy atom. The number of rotatable bonds is 11. The van der Waals surface area contributed by atoms with Gasteiger partial charge in [-0.3, -0.25) is 0 Å². The third-order valence-corrected chi connectivity index (χ3v) is 15.2. The Kier molecular flexibility index (Phi) is 11.9. The van der Waals surface area contributed by atoms with Gasteiger partial charge < -0.3 is 18.9 Å². The fraction of sp³-hybridized carbons (Fsp3) is 0. The van der Waals surface area contributed by atoms with Crippen LogP contribution in [0, 0.1) is 23.3 Å². The summed E-state index contributed by atoms with van der Waals surface area (Å²) in [5.41, 5.74) is 15.9. The van der Waals surface area contributed by atoms with Crippen molar-refractivity contribution in [2.45, 2.75) is 0 Å². The minimum absolute atomic E-state index is 0.280. The molecular formula is C72H46F4N4. The first-order valence-electron chi connectivity index (χ1n) is 26.4. The van der Waals surface area contributed by atoms with E-state index >= 15 is 8.78 Å². The van der Waals surface area contributed by atoms with Crippen molar-refractivity contribution in [3.63, 3.8) is 0 Å². The van der Waals surface area contributed by atoms with Crippen molar-refractivity contribution in [1.82, 2.24) is 9.13 Å². The Bertz CT molecular complexity index is 4310. The summed E-state index contributed by atoms with van der Waals surface area (Å²) < 4.78 is 62.8. The molecule has 14 rings (SSSR count). The van der Waals surface area contributed by atoms with Crippen LogP contribution in [0.15, 0.2) is 279 Å². The van der Waals surface area contributed by atoms with Crippen LogP contribution in [0.4, 0.5) is 51.7 Å². The van der Waals surface area contributed by atoms with Gasteiger partial charge in [0.2, 0.25) is 0 Å². The average Bonchev–Trinajstić information content (AvgIpc) is 4.03. The molecule has 80 heavy (non-hydrogen) atoms. The third-order valence-electron chi connectivity index (χ3n) is 15.2. The van der Waals surface area contributed by atoms with Crippen LogP contribution in [-0.2, 0) is 0 Å². The zero-order valence-corrected chi connectivity index (χ0v) is 42.9. The number of para-hydroxylation sites is 2. The number of anilines is 6. The van der Waals surface area contributed by atoms with Gasteiger partial charge in [-0.2, -0.15) is 0 Å². The molecule has 0 saturated carbocycles. The number of aromatic nitrogens is 2. The maximum Gasteiger partial charge on any atom is 0.131 e. The van der Waals surface area contributed by atoms with E-state index in [9.17, 15) is 8.78 Å². The zero-order valence-electron chi connectivity index (χ0n) is 42.9. The van der Waals surface area contributed by atoms with Crippen LogP contribution in [-0.4, -0.2) is 9.13 Å². The van der Waals surface area contributed by atoms with E-state index in [1.165, 1.54) is 36.4 Å². The normalized spacial score (nSPS) is 11.5.